The molecule has 22 heavy (non-hydrogen) atoms. The molecule has 0 radical (unpaired) electrons. The molecule has 0 aliphatic rings. The third-order valence-corrected chi connectivity index (χ3v) is 4.24. The van der Waals surface area contributed by atoms with Crippen LogP contribution in [-0.2, 0) is 9.59 Å². The van der Waals surface area contributed by atoms with Crippen molar-refractivity contribution in [1.29, 1.82) is 0 Å². The second kappa shape index (κ2) is 14.9. The molecule has 0 aromatic carbocycles. The first-order valence-electron chi connectivity index (χ1n) is 9.11. The fraction of sp³-hybridized carbons (Fsp3) is 0.889. The van der Waals surface area contributed by atoms with E-state index < -0.39 is 17.8 Å². The van der Waals surface area contributed by atoms with E-state index in [1.54, 1.807) is 0 Å². The van der Waals surface area contributed by atoms with Crippen LogP contribution in [-0.4, -0.2) is 17.0 Å². The maximum Gasteiger partial charge on any atom is 0.316 e. The van der Waals surface area contributed by atoms with Crippen molar-refractivity contribution in [3.8, 4) is 0 Å². The van der Waals surface area contributed by atoms with Gasteiger partial charge in [-0.2, -0.15) is 0 Å². The lowest BCUT2D eigenvalue weighted by atomic mass is 9.99. The number of carboxylic acid groups (broad SMARTS) is 1. The fourth-order valence-electron chi connectivity index (χ4n) is 2.75. The first-order chi connectivity index (χ1) is 10.6. The van der Waals surface area contributed by atoms with Gasteiger partial charge in [0.05, 0.1) is 0 Å². The Labute approximate surface area is 135 Å². The van der Waals surface area contributed by atoms with Gasteiger partial charge in [-0.3, -0.25) is 9.59 Å². The SMILES string of the molecule is CCCCCCCCCCCCCCCC(C(N)=O)C(=O)O. The molecule has 0 fully saturated rings. The largest absolute Gasteiger partial charge is 0.481 e. The summed E-state index contributed by atoms with van der Waals surface area (Å²) in [7, 11) is 0. The highest BCUT2D eigenvalue weighted by Crippen LogP contribution is 2.14. The van der Waals surface area contributed by atoms with E-state index in [0.29, 0.717) is 6.42 Å². The van der Waals surface area contributed by atoms with Gasteiger partial charge in [-0.1, -0.05) is 90.4 Å². The normalized spacial score (nSPS) is 12.2. The summed E-state index contributed by atoms with van der Waals surface area (Å²) in [6.07, 6.45) is 16.6. The number of hydrogen-bond donors (Lipinski definition) is 2. The van der Waals surface area contributed by atoms with Crippen molar-refractivity contribution >= 4 is 11.9 Å². The zero-order valence-electron chi connectivity index (χ0n) is 14.3. The van der Waals surface area contributed by atoms with E-state index in [1.807, 2.05) is 0 Å². The summed E-state index contributed by atoms with van der Waals surface area (Å²) in [5, 5.41) is 8.83. The Bertz CT molecular complexity index is 278. The highest BCUT2D eigenvalue weighted by atomic mass is 16.4. The molecule has 0 spiro atoms. The lowest BCUT2D eigenvalue weighted by molar-refractivity contribution is -0.146. The van der Waals surface area contributed by atoms with Crippen LogP contribution in [0.15, 0.2) is 0 Å². The Hall–Kier alpha value is -1.06. The molecular formula is C18H35NO3. The molecule has 0 rings (SSSR count). The Morgan fingerprint density at radius 1 is 0.773 bits per heavy atom. The van der Waals surface area contributed by atoms with Crippen molar-refractivity contribution in [1.82, 2.24) is 0 Å². The van der Waals surface area contributed by atoms with Crippen molar-refractivity contribution < 1.29 is 14.7 Å². The van der Waals surface area contributed by atoms with Crippen LogP contribution in [0.3, 0.4) is 0 Å². The molecule has 0 saturated carbocycles. The molecular weight excluding hydrogens is 278 g/mol. The molecule has 0 aliphatic heterocycles. The minimum Gasteiger partial charge on any atom is -0.481 e. The van der Waals surface area contributed by atoms with Crippen LogP contribution in [0.25, 0.3) is 0 Å². The van der Waals surface area contributed by atoms with Crippen molar-refractivity contribution in [3.63, 3.8) is 0 Å². The number of hydrogen-bond acceptors (Lipinski definition) is 2. The Kier molecular flexibility index (Phi) is 14.1. The second-order valence-electron chi connectivity index (χ2n) is 6.32. The smallest absolute Gasteiger partial charge is 0.316 e. The van der Waals surface area contributed by atoms with Crippen LogP contribution in [0.5, 0.6) is 0 Å². The predicted octanol–water partition coefficient (Wildman–Crippen LogP) is 4.65. The number of nitrogens with two attached hydrogens (primary N) is 1. The van der Waals surface area contributed by atoms with Gasteiger partial charge in [0, 0.05) is 0 Å². The van der Waals surface area contributed by atoms with E-state index in [0.717, 1.165) is 19.3 Å². The lowest BCUT2D eigenvalue weighted by Crippen LogP contribution is -2.30. The van der Waals surface area contributed by atoms with Gasteiger partial charge in [0.1, 0.15) is 5.92 Å². The highest BCUT2D eigenvalue weighted by Gasteiger charge is 2.22. The average molecular weight is 313 g/mol. The lowest BCUT2D eigenvalue weighted by Gasteiger charge is -2.07. The minimum atomic E-state index is -1.09. The van der Waals surface area contributed by atoms with Crippen LogP contribution >= 0.6 is 0 Å². The molecule has 4 nitrogen and oxygen atoms in total. The van der Waals surface area contributed by atoms with E-state index >= 15 is 0 Å². The van der Waals surface area contributed by atoms with Crippen LogP contribution < -0.4 is 5.73 Å². The van der Waals surface area contributed by atoms with E-state index in [-0.39, 0.29) is 0 Å². The number of carbonyl (C=O) groups is 2. The number of carbonyl (C=O) groups excluding carboxylic acids is 1. The molecule has 1 unspecified atom stereocenters. The standard InChI is InChI=1S/C18H35NO3/c1-2-3-4-5-6-7-8-9-10-11-12-13-14-15-16(17(19)20)18(21)22/h16H,2-15H2,1H3,(H2,19,20)(H,21,22). The third-order valence-electron chi connectivity index (χ3n) is 4.24. The van der Waals surface area contributed by atoms with Gasteiger partial charge in [0.2, 0.25) is 5.91 Å². The predicted molar refractivity (Wildman–Crippen MR) is 90.6 cm³/mol. The van der Waals surface area contributed by atoms with Gasteiger partial charge in [-0.05, 0) is 6.42 Å². The minimum absolute atomic E-state index is 0.377. The third kappa shape index (κ3) is 12.7. The van der Waals surface area contributed by atoms with Gasteiger partial charge in [0.25, 0.3) is 0 Å². The Morgan fingerprint density at radius 3 is 1.45 bits per heavy atom. The fourth-order valence-corrected chi connectivity index (χ4v) is 2.75. The number of carboxylic acids is 1. The topological polar surface area (TPSA) is 80.4 Å². The van der Waals surface area contributed by atoms with Crippen LogP contribution in [0, 0.1) is 5.92 Å². The molecule has 0 aromatic rings. The van der Waals surface area contributed by atoms with E-state index in [4.69, 9.17) is 10.8 Å². The summed E-state index contributed by atoms with van der Waals surface area (Å²) in [6, 6.07) is 0. The van der Waals surface area contributed by atoms with Gasteiger partial charge in [0.15, 0.2) is 0 Å². The van der Waals surface area contributed by atoms with Gasteiger partial charge in [-0.15, -0.1) is 0 Å². The van der Waals surface area contributed by atoms with Crippen molar-refractivity contribution in [2.45, 2.75) is 96.8 Å². The van der Waals surface area contributed by atoms with Crippen molar-refractivity contribution in [2.24, 2.45) is 11.7 Å². The summed E-state index contributed by atoms with van der Waals surface area (Å²) in [5.74, 6) is -2.81. The number of amides is 1. The molecule has 0 bridgehead atoms. The van der Waals surface area contributed by atoms with Crippen molar-refractivity contribution in [2.75, 3.05) is 0 Å². The Morgan fingerprint density at radius 2 is 1.14 bits per heavy atom. The average Bonchev–Trinajstić information content (AvgIpc) is 2.46. The molecule has 4 heteroatoms. The molecule has 0 aromatic heterocycles. The first-order valence-corrected chi connectivity index (χ1v) is 9.11. The zero-order chi connectivity index (χ0) is 16.6. The highest BCUT2D eigenvalue weighted by molar-refractivity contribution is 5.95. The van der Waals surface area contributed by atoms with E-state index in [2.05, 4.69) is 6.92 Å². The first kappa shape index (κ1) is 20.9. The summed E-state index contributed by atoms with van der Waals surface area (Å²) in [4.78, 5) is 21.7. The van der Waals surface area contributed by atoms with Crippen LogP contribution in [0.1, 0.15) is 96.8 Å². The monoisotopic (exact) mass is 313 g/mol. The molecule has 1 atom stereocenters. The van der Waals surface area contributed by atoms with E-state index in [9.17, 15) is 9.59 Å². The maximum absolute atomic E-state index is 10.9. The van der Waals surface area contributed by atoms with Gasteiger partial charge in [-0.25, -0.2) is 0 Å². The summed E-state index contributed by atoms with van der Waals surface area (Å²) >= 11 is 0. The Balaban J connectivity index is 3.26. The summed E-state index contributed by atoms with van der Waals surface area (Å²) < 4.78 is 0. The number of rotatable bonds is 16. The van der Waals surface area contributed by atoms with E-state index in [1.165, 1.54) is 64.2 Å². The number of unbranched alkanes of at least 4 members (excludes halogenated alkanes) is 12. The van der Waals surface area contributed by atoms with Gasteiger partial charge >= 0.3 is 5.97 Å². The molecule has 3 N–H and O–H groups in total. The molecule has 0 aliphatic carbocycles. The van der Waals surface area contributed by atoms with Crippen molar-refractivity contribution in [3.05, 3.63) is 0 Å². The zero-order valence-corrected chi connectivity index (χ0v) is 14.3. The van der Waals surface area contributed by atoms with Crippen LogP contribution in [0.4, 0.5) is 0 Å². The van der Waals surface area contributed by atoms with Gasteiger partial charge < -0.3 is 10.8 Å². The summed E-state index contributed by atoms with van der Waals surface area (Å²) in [6.45, 7) is 2.25. The summed E-state index contributed by atoms with van der Waals surface area (Å²) in [5.41, 5.74) is 5.07. The second-order valence-corrected chi connectivity index (χ2v) is 6.32. The maximum atomic E-state index is 10.9. The van der Waals surface area contributed by atoms with Crippen LogP contribution in [0.2, 0.25) is 0 Å². The quantitative estimate of drug-likeness (QED) is 0.321. The number of primary amides is 1. The molecule has 0 heterocycles. The number of aliphatic carboxylic acids is 1. The molecule has 130 valence electrons. The molecule has 0 saturated heterocycles. The molecule has 1 amide bonds.